The van der Waals surface area contributed by atoms with Gasteiger partial charge in [-0.3, -0.25) is 0 Å². The van der Waals surface area contributed by atoms with Gasteiger partial charge in [0.15, 0.2) is 0 Å². The number of hydrogen-bond acceptors (Lipinski definition) is 3. The molecule has 0 aliphatic heterocycles. The molecule has 0 radical (unpaired) electrons. The van der Waals surface area contributed by atoms with E-state index in [9.17, 15) is 10.2 Å². The highest BCUT2D eigenvalue weighted by Gasteiger charge is 2.23. The zero-order valence-corrected chi connectivity index (χ0v) is 31.9. The Labute approximate surface area is 313 Å². The topological polar surface area (TPSA) is 40.5 Å². The molecule has 52 heavy (non-hydrogen) atoms. The number of fused-ring (bicyclic) bond motifs is 2. The summed E-state index contributed by atoms with van der Waals surface area (Å²) in [6.07, 6.45) is 1.50. The molecule has 0 bridgehead atoms. The van der Waals surface area contributed by atoms with Gasteiger partial charge in [-0.2, -0.15) is 0 Å². The molecule has 7 aromatic carbocycles. The van der Waals surface area contributed by atoms with E-state index in [1.165, 1.54) is 21.6 Å². The summed E-state index contributed by atoms with van der Waals surface area (Å²) >= 11 is 1.77. The molecule has 0 fully saturated rings. The number of phenols is 2. The van der Waals surface area contributed by atoms with Crippen LogP contribution in [-0.2, 0) is 29.4 Å². The molecule has 3 heteroatoms. The van der Waals surface area contributed by atoms with Crippen molar-refractivity contribution in [2.75, 3.05) is 0 Å². The first-order valence-electron chi connectivity index (χ1n) is 18.3. The monoisotopic (exact) mass is 700 g/mol. The number of thioether (sulfide) groups is 1. The molecule has 0 atom stereocenters. The first-order chi connectivity index (χ1) is 24.9. The molecule has 0 saturated heterocycles. The molecule has 0 aromatic heterocycles. The largest absolute Gasteiger partial charge is 0.507 e. The van der Waals surface area contributed by atoms with E-state index in [1.807, 2.05) is 0 Å². The molecular weight excluding hydrogens is 653 g/mol. The highest BCUT2D eigenvalue weighted by atomic mass is 32.2. The lowest BCUT2D eigenvalue weighted by Gasteiger charge is -2.23. The van der Waals surface area contributed by atoms with Crippen molar-refractivity contribution in [1.29, 1.82) is 0 Å². The molecule has 0 aliphatic carbocycles. The number of hydrogen-bond donors (Lipinski definition) is 2. The molecule has 0 heterocycles. The van der Waals surface area contributed by atoms with E-state index in [0.717, 1.165) is 61.3 Å². The summed E-state index contributed by atoms with van der Waals surface area (Å²) < 4.78 is 0. The number of phenolic OH excluding ortho intramolecular Hbond substituents is 2. The van der Waals surface area contributed by atoms with Crippen LogP contribution in [0.15, 0.2) is 138 Å². The summed E-state index contributed by atoms with van der Waals surface area (Å²) in [6, 6.07) is 46.7. The third kappa shape index (κ3) is 7.20. The van der Waals surface area contributed by atoms with Gasteiger partial charge < -0.3 is 10.2 Å². The van der Waals surface area contributed by atoms with Crippen molar-refractivity contribution < 1.29 is 10.2 Å². The van der Waals surface area contributed by atoms with Crippen LogP contribution in [0.25, 0.3) is 43.8 Å². The van der Waals surface area contributed by atoms with Crippen LogP contribution in [0.3, 0.4) is 0 Å². The zero-order valence-electron chi connectivity index (χ0n) is 31.1. The van der Waals surface area contributed by atoms with Crippen LogP contribution in [0.2, 0.25) is 0 Å². The minimum absolute atomic E-state index is 0.0793. The van der Waals surface area contributed by atoms with E-state index in [2.05, 4.69) is 175 Å². The minimum Gasteiger partial charge on any atom is -0.507 e. The minimum atomic E-state index is -0.0845. The molecule has 0 unspecified atom stereocenters. The van der Waals surface area contributed by atoms with Crippen molar-refractivity contribution >= 4 is 33.3 Å². The second-order valence-electron chi connectivity index (χ2n) is 16.0. The summed E-state index contributed by atoms with van der Waals surface area (Å²) in [5.74, 6) is 1.35. The van der Waals surface area contributed by atoms with E-state index in [-0.39, 0.29) is 10.8 Å². The number of benzene rings is 7. The maximum atomic E-state index is 11.9. The molecule has 0 spiro atoms. The Bertz CT molecular complexity index is 2230. The first kappa shape index (κ1) is 35.4. The SMILES string of the molecule is CC(C)(C)c1cc(CCc2ccccc2SCc2cc(C(C)(C)C)cc(-c3cccc4ccccc34)c2O)c(O)c(-c2cccc3ccccc23)c1. The van der Waals surface area contributed by atoms with Gasteiger partial charge in [0, 0.05) is 27.3 Å². The molecule has 7 rings (SSSR count). The second kappa shape index (κ2) is 14.2. The van der Waals surface area contributed by atoms with Crippen LogP contribution in [0.4, 0.5) is 0 Å². The maximum absolute atomic E-state index is 11.9. The van der Waals surface area contributed by atoms with E-state index in [4.69, 9.17) is 0 Å². The van der Waals surface area contributed by atoms with Gasteiger partial charge in [0.1, 0.15) is 11.5 Å². The Morgan fingerprint density at radius 3 is 1.44 bits per heavy atom. The molecule has 0 aliphatic rings. The third-order valence-electron chi connectivity index (χ3n) is 10.3. The molecule has 7 aromatic rings. The number of aryl methyl sites for hydroxylation is 2. The van der Waals surface area contributed by atoms with Gasteiger partial charge in [0.05, 0.1) is 0 Å². The average Bonchev–Trinajstić information content (AvgIpc) is 3.13. The van der Waals surface area contributed by atoms with E-state index < -0.39 is 0 Å². The van der Waals surface area contributed by atoms with E-state index in [1.54, 1.807) is 11.8 Å². The summed E-state index contributed by atoms with van der Waals surface area (Å²) in [7, 11) is 0. The van der Waals surface area contributed by atoms with Gasteiger partial charge in [-0.15, -0.1) is 11.8 Å². The Morgan fingerprint density at radius 1 is 0.442 bits per heavy atom. The Hall–Kier alpha value is -4.99. The molecule has 0 saturated carbocycles. The summed E-state index contributed by atoms with van der Waals surface area (Å²) in [4.78, 5) is 1.19. The average molecular weight is 701 g/mol. The van der Waals surface area contributed by atoms with Crippen LogP contribution in [0.5, 0.6) is 11.5 Å². The van der Waals surface area contributed by atoms with Crippen molar-refractivity contribution in [3.05, 3.63) is 161 Å². The van der Waals surface area contributed by atoms with Crippen molar-refractivity contribution in [3.8, 4) is 33.8 Å². The van der Waals surface area contributed by atoms with Crippen LogP contribution in [0, 0.1) is 0 Å². The van der Waals surface area contributed by atoms with Gasteiger partial charge in [0.2, 0.25) is 0 Å². The van der Waals surface area contributed by atoms with Crippen molar-refractivity contribution in [2.45, 2.75) is 75.9 Å². The quantitative estimate of drug-likeness (QED) is 0.155. The van der Waals surface area contributed by atoms with Crippen LogP contribution >= 0.6 is 11.8 Å². The molecule has 0 amide bonds. The Balaban J connectivity index is 1.21. The zero-order chi connectivity index (χ0) is 36.6. The fourth-order valence-electron chi connectivity index (χ4n) is 7.16. The van der Waals surface area contributed by atoms with Gasteiger partial charge in [-0.25, -0.2) is 0 Å². The first-order valence-corrected chi connectivity index (χ1v) is 19.3. The smallest absolute Gasteiger partial charge is 0.127 e. The number of rotatable bonds is 8. The highest BCUT2D eigenvalue weighted by molar-refractivity contribution is 7.98. The highest BCUT2D eigenvalue weighted by Crippen LogP contribution is 2.43. The summed E-state index contributed by atoms with van der Waals surface area (Å²) in [6.45, 7) is 13.4. The third-order valence-corrected chi connectivity index (χ3v) is 11.5. The standard InChI is InChI=1S/C49H48O2S/c1-48(2,3)37-27-35(46(50)43(29-37)41-22-13-18-32-15-7-10-20-39(32)41)26-25-34-17-9-12-24-45(34)52-31-36-28-38(49(4,5)6)30-44(47(36)51)42-23-14-19-33-16-8-11-21-40(33)42/h7-24,27-30,50-51H,25-26,31H2,1-6H3. The normalized spacial score (nSPS) is 12.1. The molecular formula is C49H48O2S. The lowest BCUT2D eigenvalue weighted by atomic mass is 9.82. The second-order valence-corrected chi connectivity index (χ2v) is 17.0. The predicted molar refractivity (Wildman–Crippen MR) is 223 cm³/mol. The Kier molecular flexibility index (Phi) is 9.67. The number of aromatic hydroxyl groups is 2. The fraction of sp³-hybridized carbons (Fsp3) is 0.224. The fourth-order valence-corrected chi connectivity index (χ4v) is 8.22. The van der Waals surface area contributed by atoms with E-state index >= 15 is 0 Å². The van der Waals surface area contributed by atoms with Crippen LogP contribution < -0.4 is 0 Å². The van der Waals surface area contributed by atoms with Crippen molar-refractivity contribution in [3.63, 3.8) is 0 Å². The molecule has 2 nitrogen and oxygen atoms in total. The molecule has 262 valence electrons. The maximum Gasteiger partial charge on any atom is 0.127 e. The van der Waals surface area contributed by atoms with Crippen LogP contribution in [-0.4, -0.2) is 10.2 Å². The lowest BCUT2D eigenvalue weighted by Crippen LogP contribution is -2.12. The van der Waals surface area contributed by atoms with Gasteiger partial charge in [0.25, 0.3) is 0 Å². The predicted octanol–water partition coefficient (Wildman–Crippen LogP) is 13.4. The summed E-state index contributed by atoms with van der Waals surface area (Å²) in [5, 5.41) is 28.3. The van der Waals surface area contributed by atoms with Crippen LogP contribution in [0.1, 0.15) is 69.4 Å². The molecule has 2 N–H and O–H groups in total. The Morgan fingerprint density at radius 2 is 0.885 bits per heavy atom. The van der Waals surface area contributed by atoms with Gasteiger partial charge in [-0.1, -0.05) is 157 Å². The van der Waals surface area contributed by atoms with Crippen molar-refractivity contribution in [2.24, 2.45) is 0 Å². The lowest BCUT2D eigenvalue weighted by molar-refractivity contribution is 0.468. The van der Waals surface area contributed by atoms with Gasteiger partial charge in [-0.05, 0) is 96.8 Å². The van der Waals surface area contributed by atoms with E-state index in [0.29, 0.717) is 23.7 Å². The van der Waals surface area contributed by atoms with Crippen molar-refractivity contribution in [1.82, 2.24) is 0 Å². The summed E-state index contributed by atoms with van der Waals surface area (Å²) in [5.41, 5.74) is 9.25. The van der Waals surface area contributed by atoms with Gasteiger partial charge >= 0.3 is 0 Å².